The van der Waals surface area contributed by atoms with Gasteiger partial charge in [0.05, 0.1) is 11.0 Å². The highest BCUT2D eigenvalue weighted by Gasteiger charge is 2.20. The summed E-state index contributed by atoms with van der Waals surface area (Å²) in [6, 6.07) is 6.55. The monoisotopic (exact) mass is 293 g/mol. The Morgan fingerprint density at radius 3 is 2.35 bits per heavy atom. The van der Waals surface area contributed by atoms with Crippen molar-refractivity contribution in [3.8, 4) is 0 Å². The minimum atomic E-state index is -3.08. The molecule has 1 aromatic heterocycles. The van der Waals surface area contributed by atoms with Gasteiger partial charge in [-0.3, -0.25) is 0 Å². The first-order valence-electron chi connectivity index (χ1n) is 7.04. The van der Waals surface area contributed by atoms with Gasteiger partial charge in [-0.2, -0.15) is 0 Å². The van der Waals surface area contributed by atoms with E-state index in [1.807, 2.05) is 13.1 Å². The molecular formula is C16H23NO2S. The topological polar surface area (TPSA) is 39.1 Å². The molecular weight excluding hydrogens is 270 g/mol. The summed E-state index contributed by atoms with van der Waals surface area (Å²) in [5, 5.41) is 0.715. The van der Waals surface area contributed by atoms with E-state index in [-0.39, 0.29) is 11.0 Å². The molecule has 0 aliphatic heterocycles. The Morgan fingerprint density at radius 2 is 1.80 bits per heavy atom. The summed E-state index contributed by atoms with van der Waals surface area (Å²) < 4.78 is 26.5. The Balaban J connectivity index is 2.62. The quantitative estimate of drug-likeness (QED) is 0.858. The van der Waals surface area contributed by atoms with E-state index >= 15 is 0 Å². The number of hydrogen-bond donors (Lipinski definition) is 0. The minimum absolute atomic E-state index is 0.115. The third-order valence-corrected chi connectivity index (χ3v) is 5.85. The molecule has 0 unspecified atom stereocenters. The maximum atomic E-state index is 12.2. The largest absolute Gasteiger partial charge is 0.345 e. The molecule has 0 fully saturated rings. The molecule has 0 aliphatic rings. The van der Waals surface area contributed by atoms with Gasteiger partial charge in [0, 0.05) is 23.1 Å². The van der Waals surface area contributed by atoms with Crippen molar-refractivity contribution >= 4 is 20.7 Å². The van der Waals surface area contributed by atoms with E-state index in [0.29, 0.717) is 6.04 Å². The zero-order valence-corrected chi connectivity index (χ0v) is 13.7. The SMILES string of the molecule is Cc1ccc2c(c1)c(CS(=O)(=O)C(C)C)cn2C(C)C. The van der Waals surface area contributed by atoms with Crippen molar-refractivity contribution in [3.63, 3.8) is 0 Å². The Bertz CT molecular complexity index is 724. The van der Waals surface area contributed by atoms with Crippen LogP contribution >= 0.6 is 0 Å². The van der Waals surface area contributed by atoms with E-state index < -0.39 is 9.84 Å². The van der Waals surface area contributed by atoms with Gasteiger partial charge < -0.3 is 4.57 Å². The lowest BCUT2D eigenvalue weighted by molar-refractivity contribution is 0.586. The molecule has 0 amide bonds. The average molecular weight is 293 g/mol. The van der Waals surface area contributed by atoms with Crippen LogP contribution in [-0.2, 0) is 15.6 Å². The maximum absolute atomic E-state index is 12.2. The highest BCUT2D eigenvalue weighted by Crippen LogP contribution is 2.27. The van der Waals surface area contributed by atoms with Crippen LogP contribution in [0.4, 0.5) is 0 Å². The van der Waals surface area contributed by atoms with E-state index in [9.17, 15) is 8.42 Å². The van der Waals surface area contributed by atoms with Gasteiger partial charge in [-0.15, -0.1) is 0 Å². The van der Waals surface area contributed by atoms with Gasteiger partial charge in [-0.1, -0.05) is 11.6 Å². The van der Waals surface area contributed by atoms with Crippen molar-refractivity contribution in [2.45, 2.75) is 51.7 Å². The van der Waals surface area contributed by atoms with Crippen molar-refractivity contribution < 1.29 is 8.42 Å². The number of hydrogen-bond acceptors (Lipinski definition) is 2. The van der Waals surface area contributed by atoms with Crippen LogP contribution in [0.2, 0.25) is 0 Å². The van der Waals surface area contributed by atoms with Crippen molar-refractivity contribution in [1.82, 2.24) is 4.57 Å². The number of benzene rings is 1. The van der Waals surface area contributed by atoms with Crippen molar-refractivity contribution in [2.75, 3.05) is 0 Å². The van der Waals surface area contributed by atoms with Crippen molar-refractivity contribution in [3.05, 3.63) is 35.5 Å². The van der Waals surface area contributed by atoms with Gasteiger partial charge >= 0.3 is 0 Å². The molecule has 0 radical (unpaired) electrons. The predicted octanol–water partition coefficient (Wildman–Crippen LogP) is 3.85. The van der Waals surface area contributed by atoms with Crippen LogP contribution in [-0.4, -0.2) is 18.2 Å². The first-order valence-corrected chi connectivity index (χ1v) is 8.75. The Labute approximate surface area is 121 Å². The molecule has 0 atom stereocenters. The van der Waals surface area contributed by atoms with E-state index in [4.69, 9.17) is 0 Å². The summed E-state index contributed by atoms with van der Waals surface area (Å²) in [4.78, 5) is 0. The van der Waals surface area contributed by atoms with Gasteiger partial charge in [-0.25, -0.2) is 8.42 Å². The molecule has 0 saturated heterocycles. The van der Waals surface area contributed by atoms with Gasteiger partial charge in [0.1, 0.15) is 0 Å². The second-order valence-electron chi connectivity index (χ2n) is 6.03. The Hall–Kier alpha value is -1.29. The molecule has 0 spiro atoms. The number of rotatable bonds is 4. The molecule has 4 heteroatoms. The smallest absolute Gasteiger partial charge is 0.156 e. The molecule has 0 saturated carbocycles. The first kappa shape index (κ1) is 15.1. The molecule has 1 aromatic carbocycles. The fourth-order valence-electron chi connectivity index (χ4n) is 2.36. The number of aryl methyl sites for hydroxylation is 1. The average Bonchev–Trinajstić information content (AvgIpc) is 2.67. The second-order valence-corrected chi connectivity index (χ2v) is 8.59. The van der Waals surface area contributed by atoms with Gasteiger partial charge in [-0.05, 0) is 52.3 Å². The lowest BCUT2D eigenvalue weighted by Crippen LogP contribution is -2.15. The Kier molecular flexibility index (Phi) is 3.96. The normalized spacial score (nSPS) is 12.8. The van der Waals surface area contributed by atoms with Crippen molar-refractivity contribution in [1.29, 1.82) is 0 Å². The molecule has 0 N–H and O–H groups in total. The summed E-state index contributed by atoms with van der Waals surface area (Å²) >= 11 is 0. The Morgan fingerprint density at radius 1 is 1.15 bits per heavy atom. The zero-order valence-electron chi connectivity index (χ0n) is 12.8. The predicted molar refractivity (Wildman–Crippen MR) is 84.8 cm³/mol. The van der Waals surface area contributed by atoms with Crippen LogP contribution in [0.15, 0.2) is 24.4 Å². The molecule has 0 aliphatic carbocycles. The first-order chi connectivity index (χ1) is 9.22. The summed E-state index contributed by atoms with van der Waals surface area (Å²) in [7, 11) is -3.08. The fourth-order valence-corrected chi connectivity index (χ4v) is 3.36. The van der Waals surface area contributed by atoms with Gasteiger partial charge in [0.15, 0.2) is 9.84 Å². The van der Waals surface area contributed by atoms with Crippen LogP contribution in [0.3, 0.4) is 0 Å². The van der Waals surface area contributed by atoms with E-state index in [1.54, 1.807) is 13.8 Å². The summed E-state index contributed by atoms with van der Waals surface area (Å²) in [5.74, 6) is 0.115. The molecule has 2 rings (SSSR count). The molecule has 3 nitrogen and oxygen atoms in total. The molecule has 1 heterocycles. The van der Waals surface area contributed by atoms with E-state index in [0.717, 1.165) is 22.0 Å². The zero-order chi connectivity index (χ0) is 15.1. The molecule has 110 valence electrons. The van der Waals surface area contributed by atoms with Crippen LogP contribution in [0.1, 0.15) is 44.9 Å². The van der Waals surface area contributed by atoms with Crippen LogP contribution in [0.5, 0.6) is 0 Å². The third-order valence-electron chi connectivity index (χ3n) is 3.70. The molecule has 0 bridgehead atoms. The number of nitrogens with zero attached hydrogens (tertiary/aromatic N) is 1. The van der Waals surface area contributed by atoms with E-state index in [1.165, 1.54) is 0 Å². The molecule has 2 aromatic rings. The number of sulfone groups is 1. The van der Waals surface area contributed by atoms with Gasteiger partial charge in [0.25, 0.3) is 0 Å². The fraction of sp³-hybridized carbons (Fsp3) is 0.500. The summed E-state index contributed by atoms with van der Waals surface area (Å²) in [5.41, 5.74) is 3.17. The van der Waals surface area contributed by atoms with Crippen LogP contribution in [0, 0.1) is 6.92 Å². The highest BCUT2D eigenvalue weighted by molar-refractivity contribution is 7.91. The van der Waals surface area contributed by atoms with Crippen LogP contribution < -0.4 is 0 Å². The van der Waals surface area contributed by atoms with Crippen LogP contribution in [0.25, 0.3) is 10.9 Å². The molecule has 20 heavy (non-hydrogen) atoms. The summed E-state index contributed by atoms with van der Waals surface area (Å²) in [6.45, 7) is 9.73. The third kappa shape index (κ3) is 2.75. The lowest BCUT2D eigenvalue weighted by Gasteiger charge is -2.08. The maximum Gasteiger partial charge on any atom is 0.156 e. The standard InChI is InChI=1S/C16H23NO2S/c1-11(2)17-9-14(10-20(18,19)12(3)4)15-8-13(5)6-7-16(15)17/h6-9,11-12H,10H2,1-5H3. The summed E-state index contributed by atoms with van der Waals surface area (Å²) in [6.07, 6.45) is 1.99. The number of aromatic nitrogens is 1. The second kappa shape index (κ2) is 5.24. The highest BCUT2D eigenvalue weighted by atomic mass is 32.2. The van der Waals surface area contributed by atoms with Crippen molar-refractivity contribution in [2.24, 2.45) is 0 Å². The van der Waals surface area contributed by atoms with Gasteiger partial charge in [0.2, 0.25) is 0 Å². The van der Waals surface area contributed by atoms with E-state index in [2.05, 4.69) is 36.6 Å². The number of fused-ring (bicyclic) bond motifs is 1. The minimum Gasteiger partial charge on any atom is -0.345 e. The lowest BCUT2D eigenvalue weighted by atomic mass is 10.1.